The molecule has 0 saturated carbocycles. The predicted molar refractivity (Wildman–Crippen MR) is 124 cm³/mol. The molecule has 0 radical (unpaired) electrons. The number of benzene rings is 1. The number of anilines is 1. The number of carbonyl (C=O) groups excluding carboxylic acids is 2. The molecule has 1 N–H and O–H groups in total. The molecule has 2 aliphatic rings. The largest absolute Gasteiger partial charge is 0.339 e. The van der Waals surface area contributed by atoms with E-state index in [0.29, 0.717) is 49.8 Å². The highest BCUT2D eigenvalue weighted by atomic mass is 32.2. The van der Waals surface area contributed by atoms with Crippen molar-refractivity contribution < 1.29 is 18.0 Å². The van der Waals surface area contributed by atoms with E-state index in [1.165, 1.54) is 15.6 Å². The smallest absolute Gasteiger partial charge is 0.321 e. The van der Waals surface area contributed by atoms with Crippen LogP contribution in [0.5, 0.6) is 0 Å². The summed E-state index contributed by atoms with van der Waals surface area (Å²) in [5, 5.41) is 2.87. The molecule has 2 aliphatic heterocycles. The topological polar surface area (TPSA) is 90.0 Å². The maximum absolute atomic E-state index is 13.1. The molecule has 10 heteroatoms. The molecule has 1 aromatic carbocycles. The van der Waals surface area contributed by atoms with E-state index in [1.54, 1.807) is 21.9 Å². The normalized spacial score (nSPS) is 20.2. The Morgan fingerprint density at radius 2 is 1.66 bits per heavy atom. The number of amides is 3. The maximum Gasteiger partial charge on any atom is 0.321 e. The zero-order valence-electron chi connectivity index (χ0n) is 18.1. The Kier molecular flexibility index (Phi) is 6.82. The quantitative estimate of drug-likeness (QED) is 0.735. The third-order valence-electron chi connectivity index (χ3n) is 5.95. The molecule has 1 atom stereocenters. The third-order valence-corrected chi connectivity index (χ3v) is 9.28. The van der Waals surface area contributed by atoms with Crippen LogP contribution in [0.2, 0.25) is 0 Å². The van der Waals surface area contributed by atoms with Crippen molar-refractivity contribution in [2.24, 2.45) is 5.92 Å². The number of carbonyl (C=O) groups is 2. The summed E-state index contributed by atoms with van der Waals surface area (Å²) in [6.07, 6.45) is 1.35. The lowest BCUT2D eigenvalue weighted by Crippen LogP contribution is -2.54. The summed E-state index contributed by atoms with van der Waals surface area (Å²) in [5.41, 5.74) is 0.737. The lowest BCUT2D eigenvalue weighted by Gasteiger charge is -2.38. The summed E-state index contributed by atoms with van der Waals surface area (Å²) in [7, 11) is -3.57. The first-order chi connectivity index (χ1) is 15.3. The number of piperazine rings is 1. The van der Waals surface area contributed by atoms with Gasteiger partial charge in [-0.25, -0.2) is 13.2 Å². The Hall–Kier alpha value is -2.43. The Bertz CT molecular complexity index is 1060. The van der Waals surface area contributed by atoms with Crippen molar-refractivity contribution in [2.45, 2.75) is 24.0 Å². The number of sulfonamides is 1. The summed E-state index contributed by atoms with van der Waals surface area (Å²) >= 11 is 1.26. The number of rotatable bonds is 4. The van der Waals surface area contributed by atoms with E-state index in [0.717, 1.165) is 10.6 Å². The lowest BCUT2D eigenvalue weighted by molar-refractivity contribution is -0.138. The average Bonchev–Trinajstić information content (AvgIpc) is 3.26. The molecule has 0 aliphatic carbocycles. The number of urea groups is 1. The van der Waals surface area contributed by atoms with Gasteiger partial charge in [0.15, 0.2) is 0 Å². The van der Waals surface area contributed by atoms with Crippen molar-refractivity contribution in [3.63, 3.8) is 0 Å². The summed E-state index contributed by atoms with van der Waals surface area (Å²) in [4.78, 5) is 30.0. The molecular weight excluding hydrogens is 448 g/mol. The number of hydrogen-bond donors (Lipinski definition) is 1. The number of aryl methyl sites for hydroxylation is 1. The van der Waals surface area contributed by atoms with Crippen LogP contribution in [0, 0.1) is 12.8 Å². The summed E-state index contributed by atoms with van der Waals surface area (Å²) < 4.78 is 27.7. The summed E-state index contributed by atoms with van der Waals surface area (Å²) in [5.74, 6) is -0.361. The van der Waals surface area contributed by atoms with Crippen LogP contribution in [0.4, 0.5) is 10.5 Å². The second-order valence-corrected chi connectivity index (χ2v) is 11.6. The van der Waals surface area contributed by atoms with Gasteiger partial charge < -0.3 is 15.1 Å². The van der Waals surface area contributed by atoms with E-state index in [1.807, 2.05) is 37.3 Å². The van der Waals surface area contributed by atoms with Gasteiger partial charge in [0.1, 0.15) is 4.21 Å². The van der Waals surface area contributed by atoms with E-state index >= 15 is 0 Å². The predicted octanol–water partition coefficient (Wildman–Crippen LogP) is 2.83. The van der Waals surface area contributed by atoms with Crippen molar-refractivity contribution in [1.82, 2.24) is 14.1 Å². The average molecular weight is 477 g/mol. The van der Waals surface area contributed by atoms with Crippen LogP contribution in [-0.4, -0.2) is 73.7 Å². The highest BCUT2D eigenvalue weighted by Crippen LogP contribution is 2.29. The molecule has 4 rings (SSSR count). The Morgan fingerprint density at radius 1 is 0.969 bits per heavy atom. The molecule has 3 amide bonds. The van der Waals surface area contributed by atoms with Gasteiger partial charge in [-0.05, 0) is 44.0 Å². The van der Waals surface area contributed by atoms with Crippen molar-refractivity contribution >= 4 is 39.0 Å². The number of nitrogens with zero attached hydrogens (tertiary/aromatic N) is 3. The monoisotopic (exact) mass is 476 g/mol. The fourth-order valence-electron chi connectivity index (χ4n) is 4.15. The van der Waals surface area contributed by atoms with E-state index in [2.05, 4.69) is 5.32 Å². The first-order valence-electron chi connectivity index (χ1n) is 10.8. The lowest BCUT2D eigenvalue weighted by atomic mass is 9.98. The molecule has 0 bridgehead atoms. The van der Waals surface area contributed by atoms with Gasteiger partial charge in [-0.2, -0.15) is 4.31 Å². The molecular formula is C22H28N4O4S2. The fourth-order valence-corrected chi connectivity index (χ4v) is 7.11. The summed E-state index contributed by atoms with van der Waals surface area (Å²) in [6, 6.07) is 12.5. The van der Waals surface area contributed by atoms with E-state index in [4.69, 9.17) is 0 Å². The second-order valence-electron chi connectivity index (χ2n) is 8.18. The van der Waals surface area contributed by atoms with Crippen LogP contribution in [0.1, 0.15) is 17.7 Å². The van der Waals surface area contributed by atoms with Crippen LogP contribution in [0.3, 0.4) is 0 Å². The van der Waals surface area contributed by atoms with Crippen LogP contribution < -0.4 is 5.32 Å². The molecule has 8 nitrogen and oxygen atoms in total. The number of hydrogen-bond acceptors (Lipinski definition) is 5. The molecule has 32 heavy (non-hydrogen) atoms. The van der Waals surface area contributed by atoms with Crippen LogP contribution in [0.15, 0.2) is 46.7 Å². The van der Waals surface area contributed by atoms with Gasteiger partial charge in [-0.3, -0.25) is 4.79 Å². The Balaban J connectivity index is 1.32. The van der Waals surface area contributed by atoms with Gasteiger partial charge in [0.2, 0.25) is 5.91 Å². The molecule has 172 valence electrons. The Morgan fingerprint density at radius 3 is 2.31 bits per heavy atom. The SMILES string of the molecule is Cc1ccc(S(=O)(=O)N2CCC[C@@H](C(=O)N3CCN(C(=O)Nc4ccccc4)CC3)C2)s1. The summed E-state index contributed by atoms with van der Waals surface area (Å²) in [6.45, 7) is 4.35. The van der Waals surface area contributed by atoms with Gasteiger partial charge in [0.25, 0.3) is 10.0 Å². The zero-order valence-corrected chi connectivity index (χ0v) is 19.7. The minimum atomic E-state index is -3.57. The Labute approximate surface area is 192 Å². The van der Waals surface area contributed by atoms with Crippen LogP contribution >= 0.6 is 11.3 Å². The molecule has 2 fully saturated rings. The first-order valence-corrected chi connectivity index (χ1v) is 13.1. The van der Waals surface area contributed by atoms with Crippen molar-refractivity contribution in [3.8, 4) is 0 Å². The number of piperidine rings is 1. The van der Waals surface area contributed by atoms with Gasteiger partial charge >= 0.3 is 6.03 Å². The minimum absolute atomic E-state index is 0.0182. The number of nitrogens with one attached hydrogen (secondary N) is 1. The minimum Gasteiger partial charge on any atom is -0.339 e. The van der Waals surface area contributed by atoms with Gasteiger partial charge in [0, 0.05) is 49.8 Å². The highest BCUT2D eigenvalue weighted by molar-refractivity contribution is 7.91. The molecule has 2 saturated heterocycles. The zero-order chi connectivity index (χ0) is 22.7. The van der Waals surface area contributed by atoms with E-state index in [-0.39, 0.29) is 24.4 Å². The van der Waals surface area contributed by atoms with Crippen molar-refractivity contribution in [3.05, 3.63) is 47.3 Å². The van der Waals surface area contributed by atoms with Gasteiger partial charge in [-0.1, -0.05) is 18.2 Å². The van der Waals surface area contributed by atoms with E-state index in [9.17, 15) is 18.0 Å². The highest BCUT2D eigenvalue weighted by Gasteiger charge is 2.36. The fraction of sp³-hybridized carbons (Fsp3) is 0.455. The molecule has 2 aromatic rings. The molecule has 1 aromatic heterocycles. The van der Waals surface area contributed by atoms with Crippen LogP contribution in [-0.2, 0) is 14.8 Å². The third kappa shape index (κ3) is 4.97. The van der Waals surface area contributed by atoms with Crippen molar-refractivity contribution in [2.75, 3.05) is 44.6 Å². The standard InChI is InChI=1S/C22H28N4O4S2/c1-17-9-10-20(31-17)32(29,30)26-11-5-6-18(16-26)21(27)24-12-14-25(15-13-24)22(28)23-19-7-3-2-4-8-19/h2-4,7-10,18H,5-6,11-16H2,1H3,(H,23,28)/t18-/m1/s1. The second kappa shape index (κ2) is 9.60. The molecule has 0 spiro atoms. The van der Waals surface area contributed by atoms with Crippen molar-refractivity contribution in [1.29, 1.82) is 0 Å². The maximum atomic E-state index is 13.1. The molecule has 0 unspecified atom stereocenters. The molecule has 3 heterocycles. The van der Waals surface area contributed by atoms with E-state index < -0.39 is 10.0 Å². The first kappa shape index (κ1) is 22.8. The van der Waals surface area contributed by atoms with Gasteiger partial charge in [-0.15, -0.1) is 11.3 Å². The van der Waals surface area contributed by atoms with Gasteiger partial charge in [0.05, 0.1) is 5.92 Å². The van der Waals surface area contributed by atoms with Crippen LogP contribution in [0.25, 0.3) is 0 Å². The number of thiophene rings is 1. The number of para-hydroxylation sites is 1.